The predicted octanol–water partition coefficient (Wildman–Crippen LogP) is 3.34. The van der Waals surface area contributed by atoms with Gasteiger partial charge in [0, 0.05) is 43.7 Å². The van der Waals surface area contributed by atoms with E-state index in [-0.39, 0.29) is 0 Å². The normalized spacial score (nSPS) is 11.0. The summed E-state index contributed by atoms with van der Waals surface area (Å²) in [6, 6.07) is 10.2. The zero-order valence-corrected chi connectivity index (χ0v) is 12.9. The van der Waals surface area contributed by atoms with E-state index in [0.29, 0.717) is 5.88 Å². The van der Waals surface area contributed by atoms with Crippen LogP contribution in [0, 0.1) is 0 Å². The molecule has 0 N–H and O–H groups in total. The van der Waals surface area contributed by atoms with Crippen LogP contribution in [-0.2, 0) is 19.5 Å². The second-order valence-electron chi connectivity index (χ2n) is 5.17. The van der Waals surface area contributed by atoms with Crippen molar-refractivity contribution in [2.75, 3.05) is 11.9 Å². The Balaban J connectivity index is 1.95. The van der Waals surface area contributed by atoms with Crippen molar-refractivity contribution in [2.45, 2.75) is 12.4 Å². The number of nitrogens with zero attached hydrogens (tertiary/aromatic N) is 4. The van der Waals surface area contributed by atoms with Crippen molar-refractivity contribution in [2.24, 2.45) is 7.05 Å². The van der Waals surface area contributed by atoms with Crippen LogP contribution in [0.3, 0.4) is 0 Å². The van der Waals surface area contributed by atoms with Gasteiger partial charge in [-0.25, -0.2) is 4.98 Å². The zero-order valence-electron chi connectivity index (χ0n) is 12.1. The fraction of sp³-hybridized carbons (Fsp3) is 0.250. The Kier molecular flexibility index (Phi) is 3.80. The molecule has 108 valence electrons. The summed E-state index contributed by atoms with van der Waals surface area (Å²) in [6.07, 6.45) is 3.89. The first-order valence-corrected chi connectivity index (χ1v) is 7.34. The lowest BCUT2D eigenvalue weighted by molar-refractivity contribution is 0.766. The summed E-state index contributed by atoms with van der Waals surface area (Å²) in [6.45, 7) is 0.765. The van der Waals surface area contributed by atoms with Crippen molar-refractivity contribution in [3.63, 3.8) is 0 Å². The van der Waals surface area contributed by atoms with Gasteiger partial charge in [-0.1, -0.05) is 18.2 Å². The Morgan fingerprint density at radius 2 is 2.10 bits per heavy atom. The van der Waals surface area contributed by atoms with E-state index >= 15 is 0 Å². The maximum Gasteiger partial charge on any atom is 0.129 e. The summed E-state index contributed by atoms with van der Waals surface area (Å²) in [4.78, 5) is 6.84. The molecule has 4 nitrogen and oxygen atoms in total. The van der Waals surface area contributed by atoms with Crippen molar-refractivity contribution < 1.29 is 0 Å². The summed E-state index contributed by atoms with van der Waals surface area (Å²) in [7, 11) is 3.95. The first-order chi connectivity index (χ1) is 10.2. The quantitative estimate of drug-likeness (QED) is 0.693. The average Bonchev–Trinajstić information content (AvgIpc) is 2.91. The van der Waals surface area contributed by atoms with Gasteiger partial charge >= 0.3 is 0 Å². The molecule has 0 amide bonds. The Morgan fingerprint density at radius 1 is 1.29 bits per heavy atom. The molecule has 0 spiro atoms. The van der Waals surface area contributed by atoms with Gasteiger partial charge in [-0.3, -0.25) is 4.68 Å². The van der Waals surface area contributed by atoms with E-state index in [9.17, 15) is 0 Å². The number of benzene rings is 1. The van der Waals surface area contributed by atoms with Crippen LogP contribution in [0.1, 0.15) is 11.1 Å². The van der Waals surface area contributed by atoms with Crippen LogP contribution < -0.4 is 4.90 Å². The highest BCUT2D eigenvalue weighted by Crippen LogP contribution is 2.24. The molecule has 2 aromatic heterocycles. The average molecular weight is 301 g/mol. The van der Waals surface area contributed by atoms with Gasteiger partial charge in [0.2, 0.25) is 0 Å². The van der Waals surface area contributed by atoms with E-state index < -0.39 is 0 Å². The second-order valence-corrected chi connectivity index (χ2v) is 5.44. The van der Waals surface area contributed by atoms with Gasteiger partial charge in [-0.2, -0.15) is 5.10 Å². The number of pyridine rings is 1. The third-order valence-electron chi connectivity index (χ3n) is 3.50. The van der Waals surface area contributed by atoms with E-state index in [0.717, 1.165) is 34.4 Å². The lowest BCUT2D eigenvalue weighted by Gasteiger charge is -2.19. The van der Waals surface area contributed by atoms with E-state index in [1.54, 1.807) is 4.68 Å². The summed E-state index contributed by atoms with van der Waals surface area (Å²) in [5.74, 6) is 1.41. The molecule has 0 atom stereocenters. The van der Waals surface area contributed by atoms with E-state index in [1.165, 1.54) is 0 Å². The second kappa shape index (κ2) is 5.74. The molecule has 0 aliphatic carbocycles. The van der Waals surface area contributed by atoms with Crippen molar-refractivity contribution in [1.82, 2.24) is 14.8 Å². The molecule has 0 radical (unpaired) electrons. The number of anilines is 1. The van der Waals surface area contributed by atoms with Gasteiger partial charge in [-0.05, 0) is 17.7 Å². The van der Waals surface area contributed by atoms with Gasteiger partial charge in [0.25, 0.3) is 0 Å². The van der Waals surface area contributed by atoms with Gasteiger partial charge < -0.3 is 4.90 Å². The van der Waals surface area contributed by atoms with Crippen molar-refractivity contribution in [3.8, 4) is 0 Å². The maximum absolute atomic E-state index is 6.09. The van der Waals surface area contributed by atoms with Gasteiger partial charge in [0.05, 0.1) is 11.7 Å². The first-order valence-electron chi connectivity index (χ1n) is 6.80. The Labute approximate surface area is 129 Å². The van der Waals surface area contributed by atoms with Crippen LogP contribution in [0.15, 0.2) is 42.7 Å². The SMILES string of the molecule is CN(Cc1cnn(C)c1)c1cc(CCl)c2ccccc2n1. The van der Waals surface area contributed by atoms with Crippen molar-refractivity contribution >= 4 is 28.3 Å². The van der Waals surface area contributed by atoms with E-state index in [1.807, 2.05) is 44.7 Å². The highest BCUT2D eigenvalue weighted by atomic mass is 35.5. The summed E-state index contributed by atoms with van der Waals surface area (Å²) in [5, 5.41) is 5.31. The topological polar surface area (TPSA) is 34.0 Å². The van der Waals surface area contributed by atoms with Gasteiger partial charge in [0.1, 0.15) is 5.82 Å². The fourth-order valence-electron chi connectivity index (χ4n) is 2.45. The molecular formula is C16H17ClN4. The monoisotopic (exact) mass is 300 g/mol. The summed E-state index contributed by atoms with van der Waals surface area (Å²) >= 11 is 6.09. The lowest BCUT2D eigenvalue weighted by Crippen LogP contribution is -2.17. The fourth-order valence-corrected chi connectivity index (χ4v) is 2.67. The van der Waals surface area contributed by atoms with Crippen LogP contribution in [0.25, 0.3) is 10.9 Å². The minimum Gasteiger partial charge on any atom is -0.355 e. The summed E-state index contributed by atoms with van der Waals surface area (Å²) in [5.41, 5.74) is 3.24. The molecule has 5 heteroatoms. The Bertz CT molecular complexity index is 766. The molecule has 0 bridgehead atoms. The molecular weight excluding hydrogens is 284 g/mol. The molecule has 2 heterocycles. The van der Waals surface area contributed by atoms with Crippen LogP contribution in [0.5, 0.6) is 0 Å². The highest BCUT2D eigenvalue weighted by Gasteiger charge is 2.09. The summed E-state index contributed by atoms with van der Waals surface area (Å²) < 4.78 is 1.81. The maximum atomic E-state index is 6.09. The third-order valence-corrected chi connectivity index (χ3v) is 3.79. The number of alkyl halides is 1. The number of aryl methyl sites for hydroxylation is 1. The van der Waals surface area contributed by atoms with Gasteiger partial charge in [0.15, 0.2) is 0 Å². The molecule has 0 aliphatic heterocycles. The molecule has 3 aromatic rings. The molecule has 0 saturated heterocycles. The molecule has 3 rings (SSSR count). The minimum absolute atomic E-state index is 0.483. The Hall–Kier alpha value is -2.07. The van der Waals surface area contributed by atoms with Crippen molar-refractivity contribution in [1.29, 1.82) is 0 Å². The standard InChI is InChI=1S/C16H17ClN4/c1-20(10-12-9-18-21(2)11-12)16-7-13(8-17)14-5-3-4-6-15(14)19-16/h3-7,9,11H,8,10H2,1-2H3. The molecule has 21 heavy (non-hydrogen) atoms. The number of hydrogen-bond donors (Lipinski definition) is 0. The Morgan fingerprint density at radius 3 is 2.81 bits per heavy atom. The molecule has 0 fully saturated rings. The minimum atomic E-state index is 0.483. The largest absolute Gasteiger partial charge is 0.355 e. The number of hydrogen-bond acceptors (Lipinski definition) is 3. The highest BCUT2D eigenvalue weighted by molar-refractivity contribution is 6.18. The number of fused-ring (bicyclic) bond motifs is 1. The molecule has 1 aromatic carbocycles. The van der Waals surface area contributed by atoms with E-state index in [2.05, 4.69) is 22.1 Å². The van der Waals surface area contributed by atoms with Crippen LogP contribution in [0.4, 0.5) is 5.82 Å². The first kappa shape index (κ1) is 13.9. The number of rotatable bonds is 4. The zero-order chi connectivity index (χ0) is 14.8. The lowest BCUT2D eigenvalue weighted by atomic mass is 10.1. The molecule has 0 unspecified atom stereocenters. The number of halogens is 1. The molecule has 0 saturated carbocycles. The van der Waals surface area contributed by atoms with Gasteiger partial charge in [-0.15, -0.1) is 11.6 Å². The smallest absolute Gasteiger partial charge is 0.129 e. The van der Waals surface area contributed by atoms with Crippen molar-refractivity contribution in [3.05, 3.63) is 53.9 Å². The van der Waals surface area contributed by atoms with E-state index in [4.69, 9.17) is 16.6 Å². The van der Waals surface area contributed by atoms with Crippen LogP contribution in [-0.4, -0.2) is 21.8 Å². The van der Waals surface area contributed by atoms with Crippen LogP contribution >= 0.6 is 11.6 Å². The number of para-hydroxylation sites is 1. The third kappa shape index (κ3) is 2.85. The number of aromatic nitrogens is 3. The van der Waals surface area contributed by atoms with Crippen LogP contribution in [0.2, 0.25) is 0 Å². The molecule has 0 aliphatic rings. The predicted molar refractivity (Wildman–Crippen MR) is 86.6 cm³/mol.